The minimum atomic E-state index is -0.550. The summed E-state index contributed by atoms with van der Waals surface area (Å²) in [7, 11) is 7.69. The number of fused-ring (bicyclic) bond motifs is 2. The molecule has 0 aliphatic carbocycles. The summed E-state index contributed by atoms with van der Waals surface area (Å²) in [6.07, 6.45) is 0.540. The Morgan fingerprint density at radius 3 is 2.25 bits per heavy atom. The Hall–Kier alpha value is -3.56. The SMILES string of the molecule is COC(=O)c1cc2c(OC)c(C)c(OC)cc2c([C@@H]2Cc3cc(C)c(OC)c(OC)c3[C@H](CO)N2)n1. The number of ether oxygens (including phenoxy) is 5. The van der Waals surface area contributed by atoms with Gasteiger partial charge in [0.2, 0.25) is 0 Å². The largest absolute Gasteiger partial charge is 0.496 e. The van der Waals surface area contributed by atoms with Crippen molar-refractivity contribution in [3.8, 4) is 23.0 Å². The Morgan fingerprint density at radius 2 is 1.67 bits per heavy atom. The molecule has 9 heteroatoms. The quantitative estimate of drug-likeness (QED) is 0.474. The van der Waals surface area contributed by atoms with Gasteiger partial charge in [-0.05, 0) is 43.5 Å². The van der Waals surface area contributed by atoms with Gasteiger partial charge in [0.05, 0.1) is 59.9 Å². The fourth-order valence-corrected chi connectivity index (χ4v) is 5.20. The Kier molecular flexibility index (Phi) is 7.23. The lowest BCUT2D eigenvalue weighted by Gasteiger charge is -2.34. The van der Waals surface area contributed by atoms with Gasteiger partial charge in [0.1, 0.15) is 17.2 Å². The van der Waals surface area contributed by atoms with Crippen LogP contribution in [0.4, 0.5) is 0 Å². The van der Waals surface area contributed by atoms with Crippen molar-refractivity contribution < 1.29 is 33.6 Å². The number of hydrogen-bond donors (Lipinski definition) is 2. The standard InChI is InChI=1S/C27H32N2O7/c1-13-8-15-9-18(28-20(12-30)22(15)26(35-6)24(13)33-4)23-16-11-21(32-3)14(2)25(34-5)17(16)10-19(29-23)27(31)36-7/h8,10-11,18,20,28,30H,9,12H2,1-7H3/t18-,20-/m0/s1. The van der Waals surface area contributed by atoms with Crippen LogP contribution in [0.25, 0.3) is 10.8 Å². The molecule has 2 aromatic carbocycles. The number of aliphatic hydroxyl groups excluding tert-OH is 1. The second-order valence-corrected chi connectivity index (χ2v) is 8.71. The van der Waals surface area contributed by atoms with Gasteiger partial charge < -0.3 is 28.8 Å². The number of aryl methyl sites for hydroxylation is 1. The molecule has 0 radical (unpaired) electrons. The van der Waals surface area contributed by atoms with Crippen LogP contribution in [-0.4, -0.2) is 58.2 Å². The molecule has 2 N–H and O–H groups in total. The van der Waals surface area contributed by atoms with Crippen molar-refractivity contribution in [1.29, 1.82) is 0 Å². The van der Waals surface area contributed by atoms with Crippen LogP contribution in [0.1, 0.15) is 50.5 Å². The van der Waals surface area contributed by atoms with E-state index in [9.17, 15) is 9.90 Å². The van der Waals surface area contributed by atoms with Crippen LogP contribution in [0, 0.1) is 13.8 Å². The number of nitrogens with zero attached hydrogens (tertiary/aromatic N) is 1. The average molecular weight is 497 g/mol. The minimum absolute atomic E-state index is 0.166. The van der Waals surface area contributed by atoms with Gasteiger partial charge in [0, 0.05) is 21.9 Å². The van der Waals surface area contributed by atoms with Gasteiger partial charge in [-0.3, -0.25) is 5.32 Å². The van der Waals surface area contributed by atoms with E-state index < -0.39 is 12.0 Å². The molecule has 0 saturated carbocycles. The summed E-state index contributed by atoms with van der Waals surface area (Å²) in [5, 5.41) is 15.4. The first-order chi connectivity index (χ1) is 17.3. The molecule has 9 nitrogen and oxygen atoms in total. The summed E-state index contributed by atoms with van der Waals surface area (Å²) in [5.74, 6) is 1.92. The molecular weight excluding hydrogens is 464 g/mol. The normalized spacial score (nSPS) is 16.9. The zero-order chi connectivity index (χ0) is 26.1. The summed E-state index contributed by atoms with van der Waals surface area (Å²) >= 11 is 0. The number of esters is 1. The van der Waals surface area contributed by atoms with Gasteiger partial charge in [0.25, 0.3) is 0 Å². The molecule has 0 saturated heterocycles. The van der Waals surface area contributed by atoms with Crippen molar-refractivity contribution in [2.24, 2.45) is 0 Å². The predicted molar refractivity (Wildman–Crippen MR) is 135 cm³/mol. The van der Waals surface area contributed by atoms with E-state index in [2.05, 4.69) is 5.32 Å². The lowest BCUT2D eigenvalue weighted by atomic mass is 9.85. The first-order valence-corrected chi connectivity index (χ1v) is 11.6. The van der Waals surface area contributed by atoms with Crippen molar-refractivity contribution in [1.82, 2.24) is 10.3 Å². The lowest BCUT2D eigenvalue weighted by molar-refractivity contribution is 0.0593. The number of methoxy groups -OCH3 is 5. The third-order valence-electron chi connectivity index (χ3n) is 6.78. The topological polar surface area (TPSA) is 108 Å². The first kappa shape index (κ1) is 25.5. The van der Waals surface area contributed by atoms with Crippen molar-refractivity contribution in [3.63, 3.8) is 0 Å². The number of aromatic nitrogens is 1. The van der Waals surface area contributed by atoms with Crippen LogP contribution >= 0.6 is 0 Å². The third kappa shape index (κ3) is 4.08. The van der Waals surface area contributed by atoms with Crippen molar-refractivity contribution >= 4 is 16.7 Å². The van der Waals surface area contributed by atoms with Gasteiger partial charge in [-0.1, -0.05) is 6.07 Å². The monoisotopic (exact) mass is 496 g/mol. The van der Waals surface area contributed by atoms with Gasteiger partial charge in [0.15, 0.2) is 11.5 Å². The van der Waals surface area contributed by atoms with Crippen molar-refractivity contribution in [2.45, 2.75) is 32.4 Å². The molecule has 0 unspecified atom stereocenters. The fraction of sp³-hybridized carbons (Fsp3) is 0.407. The molecule has 2 heterocycles. The van der Waals surface area contributed by atoms with Gasteiger partial charge in [-0.15, -0.1) is 0 Å². The number of carbonyl (C=O) groups is 1. The summed E-state index contributed by atoms with van der Waals surface area (Å²) in [6, 6.07) is 4.84. The van der Waals surface area contributed by atoms with E-state index in [4.69, 9.17) is 28.7 Å². The third-order valence-corrected chi connectivity index (χ3v) is 6.78. The Morgan fingerprint density at radius 1 is 0.972 bits per heavy atom. The molecule has 0 fully saturated rings. The number of aliphatic hydroxyl groups is 1. The Labute approximate surface area is 210 Å². The van der Waals surface area contributed by atoms with E-state index in [0.29, 0.717) is 35.1 Å². The van der Waals surface area contributed by atoms with Crippen LogP contribution in [0.3, 0.4) is 0 Å². The van der Waals surface area contributed by atoms with Gasteiger partial charge >= 0.3 is 5.97 Å². The number of hydrogen-bond acceptors (Lipinski definition) is 9. The average Bonchev–Trinajstić information content (AvgIpc) is 2.89. The second kappa shape index (κ2) is 10.2. The van der Waals surface area contributed by atoms with Crippen LogP contribution in [0.15, 0.2) is 18.2 Å². The number of nitrogens with one attached hydrogen (secondary N) is 1. The number of benzene rings is 2. The molecule has 1 aliphatic rings. The molecule has 4 rings (SSSR count). The van der Waals surface area contributed by atoms with Crippen LogP contribution in [0.5, 0.6) is 23.0 Å². The summed E-state index contributed by atoms with van der Waals surface area (Å²) in [5.41, 5.74) is 4.37. The summed E-state index contributed by atoms with van der Waals surface area (Å²) in [6.45, 7) is 3.68. The molecule has 36 heavy (non-hydrogen) atoms. The molecular formula is C27H32N2O7. The maximum Gasteiger partial charge on any atom is 0.356 e. The minimum Gasteiger partial charge on any atom is -0.496 e. The zero-order valence-corrected chi connectivity index (χ0v) is 21.6. The molecule has 2 atom stereocenters. The molecule has 0 amide bonds. The second-order valence-electron chi connectivity index (χ2n) is 8.71. The molecule has 1 aromatic heterocycles. The smallest absolute Gasteiger partial charge is 0.356 e. The Bertz CT molecular complexity index is 1320. The summed E-state index contributed by atoms with van der Waals surface area (Å²) < 4.78 is 27.6. The van der Waals surface area contributed by atoms with E-state index in [0.717, 1.165) is 33.0 Å². The van der Waals surface area contributed by atoms with Crippen LogP contribution in [-0.2, 0) is 11.2 Å². The van der Waals surface area contributed by atoms with E-state index >= 15 is 0 Å². The molecule has 3 aromatic rings. The molecule has 0 spiro atoms. The predicted octanol–water partition coefficient (Wildman–Crippen LogP) is 3.59. The maximum absolute atomic E-state index is 12.6. The summed E-state index contributed by atoms with van der Waals surface area (Å²) in [4.78, 5) is 17.3. The maximum atomic E-state index is 12.6. The zero-order valence-electron chi connectivity index (χ0n) is 21.6. The van der Waals surface area contributed by atoms with E-state index in [-0.39, 0.29) is 18.3 Å². The van der Waals surface area contributed by atoms with Crippen molar-refractivity contribution in [2.75, 3.05) is 42.2 Å². The van der Waals surface area contributed by atoms with Gasteiger partial charge in [-0.2, -0.15) is 0 Å². The molecule has 1 aliphatic heterocycles. The van der Waals surface area contributed by atoms with Crippen LogP contribution in [0.2, 0.25) is 0 Å². The lowest BCUT2D eigenvalue weighted by Crippen LogP contribution is -2.36. The highest BCUT2D eigenvalue weighted by atomic mass is 16.5. The van der Waals surface area contributed by atoms with Crippen molar-refractivity contribution in [3.05, 3.63) is 51.8 Å². The highest BCUT2D eigenvalue weighted by Crippen LogP contribution is 2.46. The van der Waals surface area contributed by atoms with Crippen LogP contribution < -0.4 is 24.3 Å². The number of carbonyl (C=O) groups excluding carboxylic acids is 1. The first-order valence-electron chi connectivity index (χ1n) is 11.6. The number of pyridine rings is 1. The molecule has 192 valence electrons. The highest BCUT2D eigenvalue weighted by Gasteiger charge is 2.34. The fourth-order valence-electron chi connectivity index (χ4n) is 5.20. The van der Waals surface area contributed by atoms with E-state index in [1.54, 1.807) is 34.5 Å². The van der Waals surface area contributed by atoms with E-state index in [1.165, 1.54) is 7.11 Å². The van der Waals surface area contributed by atoms with E-state index in [1.807, 2.05) is 26.0 Å². The molecule has 0 bridgehead atoms. The highest BCUT2D eigenvalue weighted by molar-refractivity contribution is 5.98. The number of rotatable bonds is 7. The Balaban J connectivity index is 1.98. The van der Waals surface area contributed by atoms with Gasteiger partial charge in [-0.25, -0.2) is 9.78 Å².